The van der Waals surface area contributed by atoms with E-state index in [2.05, 4.69) is 15.9 Å². The lowest BCUT2D eigenvalue weighted by Crippen LogP contribution is -1.94. The van der Waals surface area contributed by atoms with E-state index in [4.69, 9.17) is 11.4 Å². The van der Waals surface area contributed by atoms with Gasteiger partial charge in [0.2, 0.25) is 0 Å². The minimum absolute atomic E-state index is 0.801. The second kappa shape index (κ2) is 7.00. The van der Waals surface area contributed by atoms with Crippen LogP contribution in [0.4, 0.5) is 0 Å². The summed E-state index contributed by atoms with van der Waals surface area (Å²) in [5.41, 5.74) is 6.15. The molecule has 0 aliphatic carbocycles. The number of pyridine rings is 3. The molecule has 0 atom stereocenters. The SMILES string of the molecule is C#Cc1cccc(-c2cc(-c3ccccn3)nc(-c3ccccn3)c2)c1. The smallest absolute Gasteiger partial charge is 0.0900 e. The van der Waals surface area contributed by atoms with Crippen LogP contribution < -0.4 is 0 Å². The fourth-order valence-electron chi connectivity index (χ4n) is 2.78. The molecule has 0 N–H and O–H groups in total. The van der Waals surface area contributed by atoms with Crippen molar-refractivity contribution in [3.63, 3.8) is 0 Å². The molecular formula is C23H15N3. The third kappa shape index (κ3) is 3.22. The van der Waals surface area contributed by atoms with E-state index in [1.165, 1.54) is 0 Å². The zero-order valence-electron chi connectivity index (χ0n) is 14.0. The molecule has 1 aromatic carbocycles. The van der Waals surface area contributed by atoms with E-state index in [1.807, 2.05) is 72.8 Å². The Morgan fingerprint density at radius 1 is 0.615 bits per heavy atom. The topological polar surface area (TPSA) is 38.7 Å². The van der Waals surface area contributed by atoms with Gasteiger partial charge in [0.05, 0.1) is 22.8 Å². The van der Waals surface area contributed by atoms with Gasteiger partial charge in [-0.3, -0.25) is 9.97 Å². The van der Waals surface area contributed by atoms with Gasteiger partial charge in [-0.2, -0.15) is 0 Å². The molecule has 3 heteroatoms. The van der Waals surface area contributed by atoms with E-state index in [0.29, 0.717) is 0 Å². The first-order chi connectivity index (χ1) is 12.8. The fraction of sp³-hybridized carbons (Fsp3) is 0. The predicted octanol–water partition coefficient (Wildman–Crippen LogP) is 4.85. The van der Waals surface area contributed by atoms with E-state index >= 15 is 0 Å². The summed E-state index contributed by atoms with van der Waals surface area (Å²) in [6.07, 6.45) is 9.09. The zero-order valence-corrected chi connectivity index (χ0v) is 14.0. The van der Waals surface area contributed by atoms with Crippen molar-refractivity contribution < 1.29 is 0 Å². The van der Waals surface area contributed by atoms with Crippen molar-refractivity contribution in [2.24, 2.45) is 0 Å². The molecular weight excluding hydrogens is 318 g/mol. The minimum Gasteiger partial charge on any atom is -0.255 e. The van der Waals surface area contributed by atoms with Gasteiger partial charge in [-0.25, -0.2) is 4.98 Å². The van der Waals surface area contributed by atoms with Gasteiger partial charge in [-0.15, -0.1) is 6.42 Å². The molecule has 4 aromatic rings. The maximum atomic E-state index is 5.56. The molecule has 26 heavy (non-hydrogen) atoms. The Kier molecular flexibility index (Phi) is 4.24. The molecule has 0 aliphatic rings. The van der Waals surface area contributed by atoms with Gasteiger partial charge in [0.25, 0.3) is 0 Å². The van der Waals surface area contributed by atoms with Crippen LogP contribution in [0.25, 0.3) is 33.9 Å². The molecule has 0 bridgehead atoms. The molecule has 0 saturated heterocycles. The van der Waals surface area contributed by atoms with Crippen molar-refractivity contribution in [3.8, 4) is 46.2 Å². The van der Waals surface area contributed by atoms with Crippen LogP contribution in [0.1, 0.15) is 5.56 Å². The van der Waals surface area contributed by atoms with Gasteiger partial charge in [0.1, 0.15) is 0 Å². The highest BCUT2D eigenvalue weighted by molar-refractivity contribution is 5.75. The second-order valence-electron chi connectivity index (χ2n) is 5.78. The zero-order chi connectivity index (χ0) is 17.8. The van der Waals surface area contributed by atoms with Crippen molar-refractivity contribution in [1.29, 1.82) is 0 Å². The Morgan fingerprint density at radius 2 is 1.27 bits per heavy atom. The third-order valence-electron chi connectivity index (χ3n) is 4.04. The number of terminal acetylenes is 1. The fourth-order valence-corrected chi connectivity index (χ4v) is 2.78. The molecule has 0 unspecified atom stereocenters. The van der Waals surface area contributed by atoms with Crippen LogP contribution in [0.3, 0.4) is 0 Å². The first kappa shape index (κ1) is 15.7. The lowest BCUT2D eigenvalue weighted by atomic mass is 10.0. The van der Waals surface area contributed by atoms with Crippen molar-refractivity contribution in [2.45, 2.75) is 0 Å². The van der Waals surface area contributed by atoms with Gasteiger partial charge in [0, 0.05) is 18.0 Å². The highest BCUT2D eigenvalue weighted by atomic mass is 14.8. The second-order valence-corrected chi connectivity index (χ2v) is 5.78. The maximum absolute atomic E-state index is 5.56. The van der Waals surface area contributed by atoms with Crippen LogP contribution >= 0.6 is 0 Å². The minimum atomic E-state index is 0.801. The van der Waals surface area contributed by atoms with Gasteiger partial charge in [-0.05, 0) is 59.7 Å². The van der Waals surface area contributed by atoms with E-state index < -0.39 is 0 Å². The molecule has 0 amide bonds. The Labute approximate surface area is 152 Å². The standard InChI is InChI=1S/C23H15N3/c1-2-17-8-7-9-18(14-17)19-15-22(20-10-3-5-12-24-20)26-23(16-19)21-11-4-6-13-25-21/h1,3-16H. The van der Waals surface area contributed by atoms with E-state index in [1.54, 1.807) is 12.4 Å². The molecule has 0 fully saturated rings. The third-order valence-corrected chi connectivity index (χ3v) is 4.04. The Morgan fingerprint density at radius 3 is 1.81 bits per heavy atom. The summed E-state index contributed by atoms with van der Waals surface area (Å²) in [5, 5.41) is 0. The molecule has 0 radical (unpaired) electrons. The van der Waals surface area contributed by atoms with Crippen LogP contribution in [-0.4, -0.2) is 15.0 Å². The molecule has 122 valence electrons. The lowest BCUT2D eigenvalue weighted by molar-refractivity contribution is 1.22. The van der Waals surface area contributed by atoms with Crippen molar-refractivity contribution in [2.75, 3.05) is 0 Å². The quantitative estimate of drug-likeness (QED) is 0.503. The highest BCUT2D eigenvalue weighted by Crippen LogP contribution is 2.29. The van der Waals surface area contributed by atoms with Gasteiger partial charge in [0.15, 0.2) is 0 Å². The van der Waals surface area contributed by atoms with E-state index in [0.717, 1.165) is 39.5 Å². The average molecular weight is 333 g/mol. The normalized spacial score (nSPS) is 10.3. The summed E-state index contributed by atoms with van der Waals surface area (Å²) in [7, 11) is 0. The van der Waals surface area contributed by atoms with Crippen molar-refractivity contribution in [1.82, 2.24) is 15.0 Å². The first-order valence-electron chi connectivity index (χ1n) is 8.25. The molecule has 0 aliphatic heterocycles. The number of benzene rings is 1. The summed E-state index contributed by atoms with van der Waals surface area (Å²) < 4.78 is 0. The Bertz CT molecular complexity index is 1020. The van der Waals surface area contributed by atoms with E-state index in [9.17, 15) is 0 Å². The monoisotopic (exact) mass is 333 g/mol. The Hall–Kier alpha value is -3.77. The lowest BCUT2D eigenvalue weighted by Gasteiger charge is -2.09. The van der Waals surface area contributed by atoms with Crippen LogP contribution in [0, 0.1) is 12.3 Å². The van der Waals surface area contributed by atoms with Crippen molar-refractivity contribution >= 4 is 0 Å². The van der Waals surface area contributed by atoms with Crippen LogP contribution in [0.2, 0.25) is 0 Å². The number of hydrogen-bond donors (Lipinski definition) is 0. The molecule has 0 saturated carbocycles. The molecule has 3 heterocycles. The number of aromatic nitrogens is 3. The summed E-state index contributed by atoms with van der Waals surface area (Å²) in [4.78, 5) is 13.7. The van der Waals surface area contributed by atoms with Crippen LogP contribution in [0.5, 0.6) is 0 Å². The Balaban J connectivity index is 1.92. The predicted molar refractivity (Wildman–Crippen MR) is 104 cm³/mol. The van der Waals surface area contributed by atoms with Gasteiger partial charge in [-0.1, -0.05) is 30.2 Å². The summed E-state index contributed by atoms with van der Waals surface area (Å²) in [5.74, 6) is 2.69. The maximum Gasteiger partial charge on any atom is 0.0900 e. The molecule has 3 nitrogen and oxygen atoms in total. The number of nitrogens with zero attached hydrogens (tertiary/aromatic N) is 3. The number of rotatable bonds is 3. The molecule has 4 rings (SSSR count). The largest absolute Gasteiger partial charge is 0.255 e. The van der Waals surface area contributed by atoms with Crippen molar-refractivity contribution in [3.05, 3.63) is 90.8 Å². The summed E-state index contributed by atoms with van der Waals surface area (Å²) in [6.45, 7) is 0. The highest BCUT2D eigenvalue weighted by Gasteiger charge is 2.10. The number of hydrogen-bond acceptors (Lipinski definition) is 3. The van der Waals surface area contributed by atoms with Crippen LogP contribution in [0.15, 0.2) is 85.2 Å². The average Bonchev–Trinajstić information content (AvgIpc) is 2.75. The molecule has 0 spiro atoms. The van der Waals surface area contributed by atoms with Gasteiger partial charge < -0.3 is 0 Å². The van der Waals surface area contributed by atoms with Gasteiger partial charge >= 0.3 is 0 Å². The summed E-state index contributed by atoms with van der Waals surface area (Å²) >= 11 is 0. The van der Waals surface area contributed by atoms with E-state index in [-0.39, 0.29) is 0 Å². The summed E-state index contributed by atoms with van der Waals surface area (Å²) in [6, 6.07) is 23.6. The molecule has 3 aromatic heterocycles. The first-order valence-corrected chi connectivity index (χ1v) is 8.25. The van der Waals surface area contributed by atoms with Crippen LogP contribution in [-0.2, 0) is 0 Å².